The summed E-state index contributed by atoms with van der Waals surface area (Å²) in [5.74, 6) is 0.0667. The number of nitrogens with one attached hydrogen (secondary N) is 2. The molecule has 1 aliphatic carbocycles. The number of halogens is 3. The molecule has 1 amide bonds. The fraction of sp³-hybridized carbons (Fsp3) is 0.167. The third kappa shape index (κ3) is 5.26. The number of hydrogen-bond donors (Lipinski definition) is 2. The van der Waals surface area contributed by atoms with Gasteiger partial charge >= 0.3 is 6.18 Å². The number of carbonyl (C=O) groups excluding carboxylic acids is 1. The van der Waals surface area contributed by atoms with Gasteiger partial charge in [0, 0.05) is 30.2 Å². The highest BCUT2D eigenvalue weighted by Crippen LogP contribution is 2.29. The summed E-state index contributed by atoms with van der Waals surface area (Å²) in [6.45, 7) is 0. The Morgan fingerprint density at radius 1 is 0.938 bits per heavy atom. The maximum atomic E-state index is 12.7. The monoisotopic (exact) mass is 456 g/mol. The second kappa shape index (κ2) is 9.00. The van der Waals surface area contributed by atoms with Crippen molar-refractivity contribution >= 4 is 28.9 Å². The predicted molar refractivity (Wildman–Crippen MR) is 120 cm³/mol. The number of alkyl halides is 3. The summed E-state index contributed by atoms with van der Waals surface area (Å²) in [6.07, 6.45) is -2.72. The lowest BCUT2D eigenvalue weighted by Gasteiger charge is -2.15. The molecule has 0 atom stereocenters. The minimum Gasteiger partial charge on any atom is -0.490 e. The van der Waals surface area contributed by atoms with E-state index in [1.54, 1.807) is 18.2 Å². The Morgan fingerprint density at radius 2 is 1.59 bits per heavy atom. The summed E-state index contributed by atoms with van der Waals surface area (Å²) < 4.78 is 44.1. The van der Waals surface area contributed by atoms with Crippen molar-refractivity contribution < 1.29 is 22.7 Å². The first-order chi connectivity index (χ1) is 15.3. The van der Waals surface area contributed by atoms with Crippen LogP contribution in [0.25, 0.3) is 0 Å². The van der Waals surface area contributed by atoms with Gasteiger partial charge in [0.2, 0.25) is 0 Å². The van der Waals surface area contributed by atoms with Crippen molar-refractivity contribution in [2.45, 2.75) is 25.1 Å². The number of thiocarbonyl (C=S) groups is 1. The number of carbonyl (C=O) groups is 1. The molecule has 32 heavy (non-hydrogen) atoms. The fourth-order valence-electron chi connectivity index (χ4n) is 3.59. The minimum absolute atomic E-state index is 0.0281. The molecule has 164 valence electrons. The van der Waals surface area contributed by atoms with Crippen LogP contribution in [0.3, 0.4) is 0 Å². The Balaban J connectivity index is 1.33. The number of benzene rings is 3. The number of rotatable bonds is 4. The van der Waals surface area contributed by atoms with Crippen LogP contribution in [0, 0.1) is 0 Å². The molecule has 0 spiro atoms. The van der Waals surface area contributed by atoms with E-state index in [1.165, 1.54) is 11.1 Å². The highest BCUT2D eigenvalue weighted by molar-refractivity contribution is 7.80. The lowest BCUT2D eigenvalue weighted by molar-refractivity contribution is -0.137. The predicted octanol–water partition coefficient (Wildman–Crippen LogP) is 5.38. The van der Waals surface area contributed by atoms with Crippen LogP contribution in [0.15, 0.2) is 72.8 Å². The summed E-state index contributed by atoms with van der Waals surface area (Å²) in [5, 5.41) is 5.39. The highest BCUT2D eigenvalue weighted by atomic mass is 32.1. The summed E-state index contributed by atoms with van der Waals surface area (Å²) in [7, 11) is 0. The molecule has 0 aliphatic heterocycles. The first-order valence-corrected chi connectivity index (χ1v) is 10.3. The van der Waals surface area contributed by atoms with Crippen LogP contribution >= 0.6 is 12.2 Å². The molecule has 8 heteroatoms. The molecular weight excluding hydrogens is 437 g/mol. The molecule has 0 radical (unpaired) electrons. The second-order valence-electron chi connectivity index (χ2n) is 7.43. The molecule has 1 aliphatic rings. The van der Waals surface area contributed by atoms with E-state index in [0.717, 1.165) is 37.1 Å². The molecule has 4 nitrogen and oxygen atoms in total. The van der Waals surface area contributed by atoms with Crippen molar-refractivity contribution in [3.8, 4) is 5.75 Å². The van der Waals surface area contributed by atoms with Gasteiger partial charge in [-0.15, -0.1) is 0 Å². The highest BCUT2D eigenvalue weighted by Gasteiger charge is 2.30. The molecule has 0 unspecified atom stereocenters. The molecular formula is C24H19F3N2O2S. The average molecular weight is 456 g/mol. The average Bonchev–Trinajstić information content (AvgIpc) is 3.15. The largest absolute Gasteiger partial charge is 0.490 e. The smallest absolute Gasteiger partial charge is 0.416 e. The first kappa shape index (κ1) is 21.8. The third-order valence-electron chi connectivity index (χ3n) is 5.11. The zero-order chi connectivity index (χ0) is 22.7. The SMILES string of the molecule is O=C(NC(=S)Nc1cccc(OC2Cc3ccccc3C2)c1)c1ccc(C(F)(F)F)cc1. The van der Waals surface area contributed by atoms with Crippen LogP contribution in [0.4, 0.5) is 18.9 Å². The normalized spacial score (nSPS) is 13.3. The van der Waals surface area contributed by atoms with E-state index < -0.39 is 17.6 Å². The number of ether oxygens (including phenoxy) is 1. The molecule has 3 aromatic rings. The number of anilines is 1. The summed E-state index contributed by atoms with van der Waals surface area (Å²) >= 11 is 5.17. The number of hydrogen-bond acceptors (Lipinski definition) is 3. The zero-order valence-electron chi connectivity index (χ0n) is 16.8. The van der Waals surface area contributed by atoms with Gasteiger partial charge in [-0.1, -0.05) is 30.3 Å². The lowest BCUT2D eigenvalue weighted by atomic mass is 10.1. The Labute approximate surface area is 188 Å². The topological polar surface area (TPSA) is 50.4 Å². The summed E-state index contributed by atoms with van der Waals surface area (Å²) in [6, 6.07) is 19.4. The van der Waals surface area contributed by atoms with Crippen molar-refractivity contribution in [1.82, 2.24) is 5.32 Å². The van der Waals surface area contributed by atoms with Gasteiger partial charge in [-0.05, 0) is 59.7 Å². The van der Waals surface area contributed by atoms with Crippen molar-refractivity contribution in [2.24, 2.45) is 0 Å². The van der Waals surface area contributed by atoms with Gasteiger partial charge in [-0.2, -0.15) is 13.2 Å². The number of fused-ring (bicyclic) bond motifs is 1. The molecule has 3 aromatic carbocycles. The van der Waals surface area contributed by atoms with E-state index in [4.69, 9.17) is 17.0 Å². The van der Waals surface area contributed by atoms with Crippen molar-refractivity contribution in [3.05, 3.63) is 95.1 Å². The van der Waals surface area contributed by atoms with E-state index in [2.05, 4.69) is 22.8 Å². The standard InChI is InChI=1S/C24H19F3N2O2S/c25-24(26,27)18-10-8-15(9-11-18)22(30)29-23(32)28-19-6-3-7-20(14-19)31-21-12-16-4-1-2-5-17(16)13-21/h1-11,14,21H,12-13H2,(H2,28,29,30,32). The Hall–Kier alpha value is -3.39. The van der Waals surface area contributed by atoms with Crippen molar-refractivity contribution in [3.63, 3.8) is 0 Å². The van der Waals surface area contributed by atoms with Gasteiger partial charge in [0.1, 0.15) is 11.9 Å². The van der Waals surface area contributed by atoms with Gasteiger partial charge in [-0.25, -0.2) is 0 Å². The molecule has 0 bridgehead atoms. The minimum atomic E-state index is -4.46. The molecule has 4 rings (SSSR count). The lowest BCUT2D eigenvalue weighted by Crippen LogP contribution is -2.34. The van der Waals surface area contributed by atoms with E-state index in [-0.39, 0.29) is 16.8 Å². The zero-order valence-corrected chi connectivity index (χ0v) is 17.6. The maximum Gasteiger partial charge on any atom is 0.416 e. The van der Waals surface area contributed by atoms with Gasteiger partial charge in [0.05, 0.1) is 5.56 Å². The molecule has 2 N–H and O–H groups in total. The van der Waals surface area contributed by atoms with Crippen molar-refractivity contribution in [1.29, 1.82) is 0 Å². The van der Waals surface area contributed by atoms with Crippen LogP contribution in [0.5, 0.6) is 5.75 Å². The molecule has 0 saturated carbocycles. The third-order valence-corrected chi connectivity index (χ3v) is 5.31. The van der Waals surface area contributed by atoms with E-state index >= 15 is 0 Å². The summed E-state index contributed by atoms with van der Waals surface area (Å²) in [4.78, 5) is 12.3. The molecule has 0 saturated heterocycles. The van der Waals surface area contributed by atoms with E-state index in [9.17, 15) is 18.0 Å². The Morgan fingerprint density at radius 3 is 2.22 bits per heavy atom. The van der Waals surface area contributed by atoms with Crippen LogP contribution < -0.4 is 15.4 Å². The van der Waals surface area contributed by atoms with Crippen LogP contribution in [0.2, 0.25) is 0 Å². The maximum absolute atomic E-state index is 12.7. The Bertz CT molecular complexity index is 1120. The molecule has 0 fully saturated rings. The molecule has 0 aromatic heterocycles. The van der Waals surface area contributed by atoms with Crippen molar-refractivity contribution in [2.75, 3.05) is 5.32 Å². The summed E-state index contributed by atoms with van der Waals surface area (Å²) in [5.41, 5.74) is 2.45. The molecule has 0 heterocycles. The van der Waals surface area contributed by atoms with Crippen LogP contribution in [-0.2, 0) is 19.0 Å². The quantitative estimate of drug-likeness (QED) is 0.518. The van der Waals surface area contributed by atoms with Gasteiger partial charge in [0.25, 0.3) is 5.91 Å². The fourth-order valence-corrected chi connectivity index (χ4v) is 3.80. The van der Waals surface area contributed by atoms with E-state index in [1.807, 2.05) is 18.2 Å². The Kier molecular flexibility index (Phi) is 6.14. The van der Waals surface area contributed by atoms with Crippen LogP contribution in [-0.4, -0.2) is 17.1 Å². The first-order valence-electron chi connectivity index (χ1n) is 9.91. The second-order valence-corrected chi connectivity index (χ2v) is 7.84. The van der Waals surface area contributed by atoms with E-state index in [0.29, 0.717) is 11.4 Å². The van der Waals surface area contributed by atoms with Crippen LogP contribution in [0.1, 0.15) is 27.0 Å². The van der Waals surface area contributed by atoms with Gasteiger partial charge in [-0.3, -0.25) is 10.1 Å². The van der Waals surface area contributed by atoms with Gasteiger partial charge in [0.15, 0.2) is 5.11 Å². The van der Waals surface area contributed by atoms with Gasteiger partial charge < -0.3 is 10.1 Å². The number of amides is 1.